The van der Waals surface area contributed by atoms with Gasteiger partial charge in [0.05, 0.1) is 0 Å². The maximum Gasteiger partial charge on any atom is 0.329 e. The Bertz CT molecular complexity index is 1080. The van der Waals surface area contributed by atoms with Gasteiger partial charge in [0.15, 0.2) is 0 Å². The fourth-order valence-electron chi connectivity index (χ4n) is 4.60. The highest BCUT2D eigenvalue weighted by Crippen LogP contribution is 2.13. The van der Waals surface area contributed by atoms with Crippen LogP contribution in [0.4, 0.5) is 4.79 Å². The number of nitrogens with one attached hydrogen (secondary N) is 4. The minimum atomic E-state index is -1.09. The van der Waals surface area contributed by atoms with E-state index >= 15 is 0 Å². The monoisotopic (exact) mass is 651 g/mol. The number of unbranched alkanes of at least 4 members (excludes halogenated alkanes) is 3. The number of nitrogens with two attached hydrogens (primary N) is 2. The van der Waals surface area contributed by atoms with Crippen LogP contribution in [0.15, 0.2) is 12.2 Å². The van der Waals surface area contributed by atoms with Gasteiger partial charge in [-0.3, -0.25) is 28.9 Å². The average molecular weight is 652 g/mol. The van der Waals surface area contributed by atoms with Gasteiger partial charge in [-0.15, -0.1) is 0 Å². The number of urea groups is 1. The van der Waals surface area contributed by atoms with Crippen LogP contribution in [0.3, 0.4) is 0 Å². The highest BCUT2D eigenvalue weighted by Gasteiger charge is 2.32. The summed E-state index contributed by atoms with van der Waals surface area (Å²) in [6.45, 7) is 9.50. The molecule has 0 bridgehead atoms. The number of amides is 7. The summed E-state index contributed by atoms with van der Waals surface area (Å²) in [5.74, 6) is -3.19. The number of primary amides is 1. The molecule has 0 fully saturated rings. The molecule has 1 rings (SSSR count). The largest absolute Gasteiger partial charge is 0.458 e. The molecule has 0 aromatic heterocycles. The summed E-state index contributed by atoms with van der Waals surface area (Å²) < 4.78 is 5.50. The first kappa shape index (κ1) is 40.0. The zero-order chi connectivity index (χ0) is 34.9. The summed E-state index contributed by atoms with van der Waals surface area (Å²) >= 11 is 0. The van der Waals surface area contributed by atoms with E-state index in [-0.39, 0.29) is 62.4 Å². The van der Waals surface area contributed by atoms with Crippen molar-refractivity contribution in [3.8, 4) is 0 Å². The minimum absolute atomic E-state index is 0.109. The van der Waals surface area contributed by atoms with Gasteiger partial charge in [0.25, 0.3) is 11.8 Å². The predicted molar refractivity (Wildman–Crippen MR) is 171 cm³/mol. The molecule has 0 saturated heterocycles. The quantitative estimate of drug-likeness (QED) is 0.0575. The maximum absolute atomic E-state index is 13.5. The summed E-state index contributed by atoms with van der Waals surface area (Å²) in [5.41, 5.74) is 9.95. The lowest BCUT2D eigenvalue weighted by Crippen LogP contribution is -2.57. The van der Waals surface area contributed by atoms with E-state index in [1.165, 1.54) is 12.2 Å². The van der Waals surface area contributed by atoms with Crippen molar-refractivity contribution in [2.45, 2.75) is 116 Å². The third kappa shape index (κ3) is 15.8. The van der Waals surface area contributed by atoms with E-state index < -0.39 is 47.5 Å². The van der Waals surface area contributed by atoms with Crippen molar-refractivity contribution in [2.75, 3.05) is 19.6 Å². The van der Waals surface area contributed by atoms with E-state index in [1.54, 1.807) is 34.6 Å². The molecule has 0 aromatic rings. The standard InChI is InChI=1S/C31H53N7O8/c1-20(2)26(37-23(39)14-7-6-10-19-38-24(40)15-16-25(38)41)28(43)35-21(13-11-18-34-30(33)45)27(42)36-22(12-8-9-17-32)29(44)46-31(3,4)5/h15-16,20-22,26H,6-14,17-19,32H2,1-5H3,(H,35,43)(H,36,42)(H,37,39)(H3,33,34,45)/t21?,22-,26-/m0/s1. The Kier molecular flexibility index (Phi) is 17.6. The summed E-state index contributed by atoms with van der Waals surface area (Å²) in [5, 5.41) is 10.6. The fourth-order valence-corrected chi connectivity index (χ4v) is 4.60. The molecule has 1 aliphatic rings. The van der Waals surface area contributed by atoms with Crippen LogP contribution in [0.1, 0.15) is 92.4 Å². The molecule has 0 spiro atoms. The van der Waals surface area contributed by atoms with E-state index in [0.717, 1.165) is 4.90 Å². The van der Waals surface area contributed by atoms with Crippen molar-refractivity contribution in [1.29, 1.82) is 0 Å². The highest BCUT2D eigenvalue weighted by atomic mass is 16.6. The molecule has 0 aromatic carbocycles. The SMILES string of the molecule is CC(C)[C@H](NC(=O)CCCCCN1C(=O)C=CC1=O)C(=O)NC(CCCNC(N)=O)C(=O)N[C@@H](CCCCN)C(=O)OC(C)(C)C. The van der Waals surface area contributed by atoms with Crippen molar-refractivity contribution in [3.63, 3.8) is 0 Å². The topological polar surface area (TPSA) is 232 Å². The van der Waals surface area contributed by atoms with Crippen molar-refractivity contribution in [1.82, 2.24) is 26.2 Å². The maximum atomic E-state index is 13.5. The Balaban J connectivity index is 2.87. The molecular weight excluding hydrogens is 598 g/mol. The normalized spacial score (nSPS) is 14.9. The van der Waals surface area contributed by atoms with Crippen molar-refractivity contribution >= 4 is 41.5 Å². The third-order valence-electron chi connectivity index (χ3n) is 7.01. The highest BCUT2D eigenvalue weighted by molar-refractivity contribution is 6.12. The Morgan fingerprint density at radius 2 is 1.43 bits per heavy atom. The Morgan fingerprint density at radius 3 is 2.00 bits per heavy atom. The van der Waals surface area contributed by atoms with Gasteiger partial charge in [-0.25, -0.2) is 9.59 Å². The van der Waals surface area contributed by atoms with E-state index in [1.807, 2.05) is 0 Å². The van der Waals surface area contributed by atoms with Crippen LogP contribution in [-0.4, -0.2) is 89.8 Å². The van der Waals surface area contributed by atoms with Gasteiger partial charge in [-0.05, 0) is 78.2 Å². The van der Waals surface area contributed by atoms with Gasteiger partial charge in [-0.2, -0.15) is 0 Å². The third-order valence-corrected chi connectivity index (χ3v) is 7.01. The summed E-state index contributed by atoms with van der Waals surface area (Å²) in [7, 11) is 0. The molecule has 1 heterocycles. The Labute approximate surface area is 271 Å². The Morgan fingerprint density at radius 1 is 0.826 bits per heavy atom. The molecule has 0 saturated carbocycles. The number of hydrogen-bond donors (Lipinski definition) is 6. The van der Waals surface area contributed by atoms with E-state index in [0.29, 0.717) is 38.6 Å². The van der Waals surface area contributed by atoms with Gasteiger partial charge < -0.3 is 37.5 Å². The molecule has 15 heteroatoms. The molecule has 1 unspecified atom stereocenters. The molecule has 15 nitrogen and oxygen atoms in total. The number of hydrogen-bond acceptors (Lipinski definition) is 9. The van der Waals surface area contributed by atoms with Crippen LogP contribution in [0.25, 0.3) is 0 Å². The molecule has 1 aliphatic heterocycles. The van der Waals surface area contributed by atoms with Crippen LogP contribution >= 0.6 is 0 Å². The molecule has 3 atom stereocenters. The number of carbonyl (C=O) groups is 7. The van der Waals surface area contributed by atoms with Crippen LogP contribution < -0.4 is 32.7 Å². The van der Waals surface area contributed by atoms with Crippen LogP contribution in [0.2, 0.25) is 0 Å². The number of rotatable bonds is 21. The van der Waals surface area contributed by atoms with Crippen molar-refractivity contribution < 1.29 is 38.3 Å². The lowest BCUT2D eigenvalue weighted by molar-refractivity contribution is -0.159. The average Bonchev–Trinajstić information content (AvgIpc) is 3.27. The molecule has 260 valence electrons. The first-order chi connectivity index (χ1) is 21.5. The molecule has 0 aliphatic carbocycles. The van der Waals surface area contributed by atoms with Gasteiger partial charge in [0.2, 0.25) is 17.7 Å². The summed E-state index contributed by atoms with van der Waals surface area (Å²) in [6, 6.07) is -3.75. The van der Waals surface area contributed by atoms with Gasteiger partial charge in [0.1, 0.15) is 23.7 Å². The number of carbonyl (C=O) groups excluding carboxylic acids is 7. The molecule has 46 heavy (non-hydrogen) atoms. The van der Waals surface area contributed by atoms with Crippen LogP contribution in [0.5, 0.6) is 0 Å². The second kappa shape index (κ2) is 20.2. The fraction of sp³-hybridized carbons (Fsp3) is 0.710. The second-order valence-corrected chi connectivity index (χ2v) is 12.6. The first-order valence-corrected chi connectivity index (χ1v) is 16.0. The molecule has 0 radical (unpaired) electrons. The van der Waals surface area contributed by atoms with Crippen LogP contribution in [0, 0.1) is 5.92 Å². The van der Waals surface area contributed by atoms with E-state index in [9.17, 15) is 33.6 Å². The predicted octanol–water partition coefficient (Wildman–Crippen LogP) is 0.501. The second-order valence-electron chi connectivity index (χ2n) is 12.6. The number of imide groups is 1. The molecular formula is C31H53N7O8. The zero-order valence-corrected chi connectivity index (χ0v) is 27.8. The minimum Gasteiger partial charge on any atom is -0.458 e. The Hall–Kier alpha value is -4.01. The molecule has 7 amide bonds. The van der Waals surface area contributed by atoms with E-state index in [4.69, 9.17) is 16.2 Å². The van der Waals surface area contributed by atoms with Crippen LogP contribution in [-0.2, 0) is 33.5 Å². The lowest BCUT2D eigenvalue weighted by Gasteiger charge is -2.28. The number of esters is 1. The summed E-state index contributed by atoms with van der Waals surface area (Å²) in [4.78, 5) is 88.1. The van der Waals surface area contributed by atoms with Gasteiger partial charge in [0, 0.05) is 31.7 Å². The van der Waals surface area contributed by atoms with Gasteiger partial charge in [-0.1, -0.05) is 20.3 Å². The van der Waals surface area contributed by atoms with Gasteiger partial charge >= 0.3 is 12.0 Å². The summed E-state index contributed by atoms with van der Waals surface area (Å²) in [6.07, 6.45) is 6.07. The lowest BCUT2D eigenvalue weighted by atomic mass is 10.0. The van der Waals surface area contributed by atoms with Crippen molar-refractivity contribution in [3.05, 3.63) is 12.2 Å². The number of nitrogens with zero attached hydrogens (tertiary/aromatic N) is 1. The molecule has 8 N–H and O–H groups in total. The number of ether oxygens (including phenoxy) is 1. The first-order valence-electron chi connectivity index (χ1n) is 16.0. The van der Waals surface area contributed by atoms with Crippen molar-refractivity contribution in [2.24, 2.45) is 17.4 Å². The smallest absolute Gasteiger partial charge is 0.329 e. The zero-order valence-electron chi connectivity index (χ0n) is 27.8. The van der Waals surface area contributed by atoms with E-state index in [2.05, 4.69) is 21.3 Å².